The molecule has 1 aliphatic heterocycles. The van der Waals surface area contributed by atoms with Crippen molar-refractivity contribution in [3.05, 3.63) is 0 Å². The van der Waals surface area contributed by atoms with Crippen molar-refractivity contribution in [1.29, 1.82) is 0 Å². The molecular weight excluding hydrogens is 164 g/mol. The maximum atomic E-state index is 11.0. The molecule has 3 heteroatoms. The average molecular weight is 180 g/mol. The summed E-state index contributed by atoms with van der Waals surface area (Å²) in [5, 5.41) is 5.24. The summed E-state index contributed by atoms with van der Waals surface area (Å²) >= 11 is 0. The first-order valence-corrected chi connectivity index (χ1v) is 4.91. The van der Waals surface area contributed by atoms with Gasteiger partial charge in [0.25, 0.3) is 0 Å². The fourth-order valence-corrected chi connectivity index (χ4v) is 1.28. The first kappa shape index (κ1) is 9.91. The van der Waals surface area contributed by atoms with Crippen LogP contribution in [0.1, 0.15) is 38.5 Å². The minimum Gasteiger partial charge on any atom is -0.337 e. The number of urea groups is 1. The van der Waals surface area contributed by atoms with Gasteiger partial charge in [-0.3, -0.25) is 5.32 Å². The van der Waals surface area contributed by atoms with Crippen LogP contribution in [0.2, 0.25) is 0 Å². The van der Waals surface area contributed by atoms with E-state index >= 15 is 0 Å². The van der Waals surface area contributed by atoms with Crippen molar-refractivity contribution in [2.45, 2.75) is 38.5 Å². The molecule has 0 spiro atoms. The molecule has 1 rings (SSSR count). The lowest BCUT2D eigenvalue weighted by molar-refractivity contribution is 0.244. The highest BCUT2D eigenvalue weighted by atomic mass is 16.2. The minimum atomic E-state index is -0.173. The predicted molar refractivity (Wildman–Crippen MR) is 52.0 cm³/mol. The van der Waals surface area contributed by atoms with Crippen LogP contribution >= 0.6 is 0 Å². The summed E-state index contributed by atoms with van der Waals surface area (Å²) in [5.41, 5.74) is 0. The van der Waals surface area contributed by atoms with Crippen molar-refractivity contribution >= 4 is 6.03 Å². The van der Waals surface area contributed by atoms with E-state index in [0.29, 0.717) is 0 Å². The maximum absolute atomic E-state index is 11.0. The average Bonchev–Trinajstić information content (AvgIpc) is 2.11. The van der Waals surface area contributed by atoms with Crippen LogP contribution in [0.25, 0.3) is 0 Å². The predicted octanol–water partition coefficient (Wildman–Crippen LogP) is 1.60. The highest BCUT2D eigenvalue weighted by molar-refractivity contribution is 5.75. The van der Waals surface area contributed by atoms with E-state index in [1.165, 1.54) is 19.3 Å². The summed E-state index contributed by atoms with van der Waals surface area (Å²) in [6.07, 6.45) is 6.82. The smallest absolute Gasteiger partial charge is 0.326 e. The molecular formula is C10H16N2O. The zero-order chi connectivity index (χ0) is 9.36. The van der Waals surface area contributed by atoms with Crippen LogP contribution in [-0.4, -0.2) is 12.6 Å². The van der Waals surface area contributed by atoms with Gasteiger partial charge in [0, 0.05) is 19.0 Å². The van der Waals surface area contributed by atoms with Gasteiger partial charge in [0.05, 0.1) is 0 Å². The second kappa shape index (κ2) is 6.36. The Morgan fingerprint density at radius 2 is 1.85 bits per heavy atom. The molecule has 0 fully saturated rings. The number of hydrogen-bond acceptors (Lipinski definition) is 1. The van der Waals surface area contributed by atoms with Gasteiger partial charge >= 0.3 is 6.03 Å². The lowest BCUT2D eigenvalue weighted by Crippen LogP contribution is -2.33. The van der Waals surface area contributed by atoms with Crippen LogP contribution in [0.4, 0.5) is 4.79 Å². The van der Waals surface area contributed by atoms with Crippen LogP contribution in [0.15, 0.2) is 0 Å². The number of amides is 2. The van der Waals surface area contributed by atoms with Gasteiger partial charge in [-0.1, -0.05) is 25.2 Å². The van der Waals surface area contributed by atoms with Crippen molar-refractivity contribution in [3.63, 3.8) is 0 Å². The summed E-state index contributed by atoms with van der Waals surface area (Å²) in [7, 11) is 0. The van der Waals surface area contributed by atoms with E-state index in [2.05, 4.69) is 22.6 Å². The van der Waals surface area contributed by atoms with E-state index in [-0.39, 0.29) is 6.03 Å². The fourth-order valence-electron chi connectivity index (χ4n) is 1.28. The van der Waals surface area contributed by atoms with Crippen LogP contribution in [0.5, 0.6) is 0 Å². The van der Waals surface area contributed by atoms with Crippen molar-refractivity contribution < 1.29 is 4.79 Å². The quantitative estimate of drug-likeness (QED) is 0.546. The van der Waals surface area contributed by atoms with Crippen molar-refractivity contribution in [1.82, 2.24) is 10.6 Å². The van der Waals surface area contributed by atoms with E-state index in [4.69, 9.17) is 0 Å². The lowest BCUT2D eigenvalue weighted by atomic mass is 10.1. The third-order valence-electron chi connectivity index (χ3n) is 2.03. The van der Waals surface area contributed by atoms with Crippen molar-refractivity contribution in [2.75, 3.05) is 6.54 Å². The normalized spacial score (nSPS) is 19.5. The van der Waals surface area contributed by atoms with E-state index in [1.807, 2.05) is 0 Å². The zero-order valence-corrected chi connectivity index (χ0v) is 7.86. The number of rotatable bonds is 0. The molecule has 0 saturated heterocycles. The maximum Gasteiger partial charge on any atom is 0.326 e. The Balaban J connectivity index is 2.30. The van der Waals surface area contributed by atoms with Crippen LogP contribution in [0, 0.1) is 12.0 Å². The topological polar surface area (TPSA) is 41.1 Å². The molecule has 1 aliphatic rings. The summed E-state index contributed by atoms with van der Waals surface area (Å²) in [5.74, 6) is 2.91. The largest absolute Gasteiger partial charge is 0.337 e. The number of hydrogen-bond donors (Lipinski definition) is 2. The van der Waals surface area contributed by atoms with Gasteiger partial charge in [0.15, 0.2) is 0 Å². The van der Waals surface area contributed by atoms with Gasteiger partial charge in [0.1, 0.15) is 0 Å². The third kappa shape index (κ3) is 5.13. The Hall–Kier alpha value is -1.17. The Morgan fingerprint density at radius 3 is 2.77 bits per heavy atom. The van der Waals surface area contributed by atoms with Gasteiger partial charge in [-0.25, -0.2) is 4.79 Å². The molecule has 0 aromatic carbocycles. The Morgan fingerprint density at radius 1 is 1.08 bits per heavy atom. The standard InChI is InChI=1S/C10H16N2O/c13-10-11-8-6-4-2-1-3-5-7-9-12-10/h1-6,8H2,(H2,11,12,13). The zero-order valence-electron chi connectivity index (χ0n) is 7.86. The molecule has 0 bridgehead atoms. The Kier molecular flexibility index (Phi) is 4.85. The summed E-state index contributed by atoms with van der Waals surface area (Å²) in [6, 6.07) is 2.47. The molecule has 0 saturated carbocycles. The number of carbonyl (C=O) groups excluding carboxylic acids is 1. The first-order chi connectivity index (χ1) is 6.39. The third-order valence-corrected chi connectivity index (χ3v) is 2.03. The number of nitrogens with one attached hydrogen (secondary N) is 2. The van der Waals surface area contributed by atoms with E-state index in [0.717, 1.165) is 25.8 Å². The molecule has 0 unspecified atom stereocenters. The molecule has 0 atom stereocenters. The van der Waals surface area contributed by atoms with Gasteiger partial charge < -0.3 is 5.32 Å². The van der Waals surface area contributed by atoms with Gasteiger partial charge in [-0.05, 0) is 12.8 Å². The molecule has 0 aromatic rings. The molecule has 1 heterocycles. The molecule has 2 amide bonds. The van der Waals surface area contributed by atoms with E-state index in [9.17, 15) is 4.79 Å². The van der Waals surface area contributed by atoms with Gasteiger partial charge in [-0.2, -0.15) is 0 Å². The molecule has 72 valence electrons. The summed E-state index contributed by atoms with van der Waals surface area (Å²) in [4.78, 5) is 11.0. The first-order valence-electron chi connectivity index (χ1n) is 4.91. The number of carbonyl (C=O) groups is 1. The second-order valence-corrected chi connectivity index (χ2v) is 3.20. The SMILES string of the molecule is O=C1NC#CCCCCCCCN1. The Labute approximate surface area is 79.3 Å². The highest BCUT2D eigenvalue weighted by Gasteiger charge is 1.96. The van der Waals surface area contributed by atoms with Gasteiger partial charge in [-0.15, -0.1) is 0 Å². The molecule has 13 heavy (non-hydrogen) atoms. The van der Waals surface area contributed by atoms with Crippen molar-refractivity contribution in [2.24, 2.45) is 0 Å². The molecule has 0 aliphatic carbocycles. The monoisotopic (exact) mass is 180 g/mol. The summed E-state index contributed by atoms with van der Waals surface area (Å²) < 4.78 is 0. The fraction of sp³-hybridized carbons (Fsp3) is 0.700. The van der Waals surface area contributed by atoms with Crippen LogP contribution in [-0.2, 0) is 0 Å². The van der Waals surface area contributed by atoms with E-state index < -0.39 is 0 Å². The molecule has 0 radical (unpaired) electrons. The highest BCUT2D eigenvalue weighted by Crippen LogP contribution is 2.04. The lowest BCUT2D eigenvalue weighted by Gasteiger charge is -2.04. The Bertz CT molecular complexity index is 215. The molecule has 0 aromatic heterocycles. The van der Waals surface area contributed by atoms with Crippen LogP contribution in [0.3, 0.4) is 0 Å². The molecule has 3 nitrogen and oxygen atoms in total. The van der Waals surface area contributed by atoms with Crippen molar-refractivity contribution in [3.8, 4) is 12.0 Å². The van der Waals surface area contributed by atoms with Gasteiger partial charge in [0.2, 0.25) is 0 Å². The summed E-state index contributed by atoms with van der Waals surface area (Å²) in [6.45, 7) is 0.757. The molecule has 2 N–H and O–H groups in total. The second-order valence-electron chi connectivity index (χ2n) is 3.20. The van der Waals surface area contributed by atoms with Crippen LogP contribution < -0.4 is 10.6 Å². The minimum absolute atomic E-state index is 0.173. The van der Waals surface area contributed by atoms with E-state index in [1.54, 1.807) is 0 Å².